The Kier molecular flexibility index (Phi) is 4.77. The van der Waals surface area contributed by atoms with Crippen LogP contribution in [-0.4, -0.2) is 28.3 Å². The summed E-state index contributed by atoms with van der Waals surface area (Å²) in [6.07, 6.45) is 1.45. The second-order valence-electron chi connectivity index (χ2n) is 2.58. The largest absolute Gasteiger partial charge is 0.462 e. The lowest BCUT2D eigenvalue weighted by molar-refractivity contribution is 0.0524. The molecular weight excluding hydrogens is 232 g/mol. The molecule has 0 unspecified atom stereocenters. The molecular formula is C9H12N2O2S2. The summed E-state index contributed by atoms with van der Waals surface area (Å²) in [7, 11) is 0. The predicted molar refractivity (Wildman–Crippen MR) is 61.8 cm³/mol. The minimum absolute atomic E-state index is 0.312. The Morgan fingerprint density at radius 1 is 1.67 bits per heavy atom. The molecule has 0 fully saturated rings. The summed E-state index contributed by atoms with van der Waals surface area (Å²) in [6, 6.07) is 0. The van der Waals surface area contributed by atoms with Crippen LogP contribution in [0.4, 0.5) is 0 Å². The molecule has 1 aromatic heterocycles. The van der Waals surface area contributed by atoms with E-state index in [0.29, 0.717) is 16.8 Å². The second-order valence-corrected chi connectivity index (χ2v) is 4.25. The number of H-pyrrole nitrogens is 1. The maximum Gasteiger partial charge on any atom is 0.342 e. The van der Waals surface area contributed by atoms with Crippen LogP contribution < -0.4 is 0 Å². The molecule has 0 bridgehead atoms. The highest BCUT2D eigenvalue weighted by Crippen LogP contribution is 2.12. The van der Waals surface area contributed by atoms with E-state index in [9.17, 15) is 4.79 Å². The summed E-state index contributed by atoms with van der Waals surface area (Å²) in [6.45, 7) is 4.10. The number of nitrogens with zero attached hydrogens (tertiary/aromatic N) is 1. The Balaban J connectivity index is 2.93. The van der Waals surface area contributed by atoms with Gasteiger partial charge >= 0.3 is 5.97 Å². The Hall–Kier alpha value is -0.880. The van der Waals surface area contributed by atoms with Crippen molar-refractivity contribution in [3.8, 4) is 0 Å². The van der Waals surface area contributed by atoms with E-state index in [0.717, 1.165) is 10.9 Å². The molecule has 1 heterocycles. The molecule has 0 radical (unpaired) electrons. The van der Waals surface area contributed by atoms with Crippen molar-refractivity contribution in [2.24, 2.45) is 0 Å². The maximum absolute atomic E-state index is 11.4. The van der Waals surface area contributed by atoms with E-state index < -0.39 is 5.97 Å². The Labute approximate surface area is 97.5 Å². The van der Waals surface area contributed by atoms with Gasteiger partial charge in [-0.2, -0.15) is 0 Å². The van der Waals surface area contributed by atoms with Crippen molar-refractivity contribution in [3.05, 3.63) is 16.4 Å². The molecule has 0 saturated carbocycles. The number of esters is 1. The van der Waals surface area contributed by atoms with Gasteiger partial charge in [0.05, 0.1) is 6.61 Å². The zero-order chi connectivity index (χ0) is 11.3. The molecule has 0 saturated heterocycles. The molecule has 0 aromatic carbocycles. The third kappa shape index (κ3) is 3.32. The van der Waals surface area contributed by atoms with Crippen LogP contribution in [0.15, 0.2) is 11.4 Å². The smallest absolute Gasteiger partial charge is 0.342 e. The minimum Gasteiger partial charge on any atom is -0.462 e. The summed E-state index contributed by atoms with van der Waals surface area (Å²) in [5, 5.41) is 0.718. The highest BCUT2D eigenvalue weighted by atomic mass is 32.2. The molecule has 1 aromatic rings. The number of carbonyl (C=O) groups excluding carboxylic acids is 1. The van der Waals surface area contributed by atoms with Crippen LogP contribution in [0.3, 0.4) is 0 Å². The highest BCUT2D eigenvalue weighted by Gasteiger charge is 2.09. The SMILES string of the molecule is CCOC(=O)c1cnc(SCC)[nH]c1=S. The van der Waals surface area contributed by atoms with Crippen LogP contribution in [0.1, 0.15) is 24.2 Å². The normalized spacial score (nSPS) is 10.0. The molecule has 0 spiro atoms. The van der Waals surface area contributed by atoms with Gasteiger partial charge in [0.25, 0.3) is 0 Å². The molecule has 6 heteroatoms. The average molecular weight is 244 g/mol. The van der Waals surface area contributed by atoms with Crippen LogP contribution in [-0.2, 0) is 4.74 Å². The van der Waals surface area contributed by atoms with Gasteiger partial charge in [-0.25, -0.2) is 9.78 Å². The van der Waals surface area contributed by atoms with E-state index in [2.05, 4.69) is 9.97 Å². The number of rotatable bonds is 4. The molecule has 0 amide bonds. The number of carbonyl (C=O) groups is 1. The van der Waals surface area contributed by atoms with Crippen LogP contribution in [0.25, 0.3) is 0 Å². The van der Waals surface area contributed by atoms with Crippen molar-refractivity contribution in [3.63, 3.8) is 0 Å². The molecule has 0 aliphatic rings. The van der Waals surface area contributed by atoms with Gasteiger partial charge in [0.2, 0.25) is 0 Å². The first-order valence-electron chi connectivity index (χ1n) is 4.58. The van der Waals surface area contributed by atoms with E-state index >= 15 is 0 Å². The van der Waals surface area contributed by atoms with Gasteiger partial charge in [-0.3, -0.25) is 0 Å². The first-order valence-corrected chi connectivity index (χ1v) is 5.97. The summed E-state index contributed by atoms with van der Waals surface area (Å²) in [4.78, 5) is 18.3. The van der Waals surface area contributed by atoms with Gasteiger partial charge in [-0.1, -0.05) is 30.9 Å². The van der Waals surface area contributed by atoms with Gasteiger partial charge < -0.3 is 9.72 Å². The predicted octanol–water partition coefficient (Wildman–Crippen LogP) is 2.43. The van der Waals surface area contributed by atoms with E-state index in [1.807, 2.05) is 6.92 Å². The Morgan fingerprint density at radius 2 is 2.40 bits per heavy atom. The fourth-order valence-electron chi connectivity index (χ4n) is 0.943. The average Bonchev–Trinajstić information content (AvgIpc) is 2.18. The van der Waals surface area contributed by atoms with Gasteiger partial charge in [-0.05, 0) is 12.7 Å². The molecule has 1 N–H and O–H groups in total. The van der Waals surface area contributed by atoms with Crippen molar-refractivity contribution in [1.82, 2.24) is 9.97 Å². The van der Waals surface area contributed by atoms with Crippen LogP contribution in [0, 0.1) is 4.64 Å². The molecule has 0 atom stereocenters. The zero-order valence-corrected chi connectivity index (χ0v) is 10.2. The first kappa shape index (κ1) is 12.2. The zero-order valence-electron chi connectivity index (χ0n) is 8.57. The minimum atomic E-state index is -0.431. The topological polar surface area (TPSA) is 55.0 Å². The van der Waals surface area contributed by atoms with E-state index in [1.54, 1.807) is 6.92 Å². The number of hydrogen-bond acceptors (Lipinski definition) is 5. The third-order valence-corrected chi connectivity index (χ3v) is 2.64. The summed E-state index contributed by atoms with van der Waals surface area (Å²) >= 11 is 6.57. The van der Waals surface area contributed by atoms with Crippen LogP contribution in [0.2, 0.25) is 0 Å². The lowest BCUT2D eigenvalue weighted by atomic mass is 10.3. The number of aromatic amines is 1. The number of hydrogen-bond donors (Lipinski definition) is 1. The molecule has 4 nitrogen and oxygen atoms in total. The standard InChI is InChI=1S/C9H12N2O2S2/c1-3-13-8(12)6-5-10-9(15-4-2)11-7(6)14/h5H,3-4H2,1-2H3,(H,10,11,14). The monoisotopic (exact) mass is 244 g/mol. The Morgan fingerprint density at radius 3 is 2.93 bits per heavy atom. The van der Waals surface area contributed by atoms with Crippen LogP contribution >= 0.6 is 24.0 Å². The molecule has 15 heavy (non-hydrogen) atoms. The van der Waals surface area contributed by atoms with Gasteiger partial charge in [-0.15, -0.1) is 0 Å². The van der Waals surface area contributed by atoms with Crippen molar-refractivity contribution < 1.29 is 9.53 Å². The second kappa shape index (κ2) is 5.87. The van der Waals surface area contributed by atoms with Crippen molar-refractivity contribution >= 4 is 29.9 Å². The molecule has 1 rings (SSSR count). The summed E-state index contributed by atoms with van der Waals surface area (Å²) < 4.78 is 5.21. The van der Waals surface area contributed by atoms with Gasteiger partial charge in [0.15, 0.2) is 5.16 Å². The lowest BCUT2D eigenvalue weighted by Gasteiger charge is -2.02. The van der Waals surface area contributed by atoms with E-state index in [1.165, 1.54) is 18.0 Å². The number of ether oxygens (including phenoxy) is 1. The fraction of sp³-hybridized carbons (Fsp3) is 0.444. The summed E-state index contributed by atoms with van der Waals surface area (Å²) in [5.74, 6) is 0.469. The molecule has 0 aliphatic heterocycles. The maximum atomic E-state index is 11.4. The highest BCUT2D eigenvalue weighted by molar-refractivity contribution is 7.99. The van der Waals surface area contributed by atoms with Crippen molar-refractivity contribution in [2.45, 2.75) is 19.0 Å². The summed E-state index contributed by atoms with van der Waals surface area (Å²) in [5.41, 5.74) is 0.312. The number of thioether (sulfide) groups is 1. The molecule has 0 aliphatic carbocycles. The fourth-order valence-corrected chi connectivity index (χ4v) is 1.82. The third-order valence-electron chi connectivity index (χ3n) is 1.55. The quantitative estimate of drug-likeness (QED) is 0.381. The van der Waals surface area contributed by atoms with Gasteiger partial charge in [0, 0.05) is 6.20 Å². The van der Waals surface area contributed by atoms with Crippen molar-refractivity contribution in [1.29, 1.82) is 0 Å². The van der Waals surface area contributed by atoms with E-state index in [4.69, 9.17) is 17.0 Å². The number of nitrogens with one attached hydrogen (secondary N) is 1. The lowest BCUT2D eigenvalue weighted by Crippen LogP contribution is -2.07. The van der Waals surface area contributed by atoms with Crippen LogP contribution in [0.5, 0.6) is 0 Å². The molecule has 82 valence electrons. The first-order chi connectivity index (χ1) is 7.19. The number of aromatic nitrogens is 2. The van der Waals surface area contributed by atoms with Crippen molar-refractivity contribution in [2.75, 3.05) is 12.4 Å². The Bertz CT molecular complexity index is 403. The van der Waals surface area contributed by atoms with Gasteiger partial charge in [0.1, 0.15) is 10.2 Å². The van der Waals surface area contributed by atoms with E-state index in [-0.39, 0.29) is 0 Å².